The molecule has 0 N–H and O–H groups in total. The topological polar surface area (TPSA) is 115 Å². The van der Waals surface area contributed by atoms with Crippen LogP contribution < -0.4 is 0 Å². The predicted molar refractivity (Wildman–Crippen MR) is 92.2 cm³/mol. The summed E-state index contributed by atoms with van der Waals surface area (Å²) in [5, 5.41) is 3.84. The molecule has 10 heteroatoms. The Morgan fingerprint density at radius 3 is 2.81 bits per heavy atom. The predicted octanol–water partition coefficient (Wildman–Crippen LogP) is 1.77. The van der Waals surface area contributed by atoms with Crippen LogP contribution >= 0.6 is 0 Å². The normalized spacial score (nSPS) is 20.5. The number of hydrogen-bond acceptors (Lipinski definition) is 7. The van der Waals surface area contributed by atoms with E-state index < -0.39 is 16.2 Å². The third kappa shape index (κ3) is 4.29. The molecule has 0 radical (unpaired) electrons. The molecule has 0 atom stereocenters. The van der Waals surface area contributed by atoms with Crippen LogP contribution in [0.3, 0.4) is 0 Å². The molecule has 1 aliphatic carbocycles. The Morgan fingerprint density at radius 2 is 2.08 bits per heavy atom. The number of carbonyl (C=O) groups is 1. The van der Waals surface area contributed by atoms with Crippen LogP contribution in [0, 0.1) is 5.92 Å². The Morgan fingerprint density at radius 1 is 1.35 bits per heavy atom. The third-order valence-corrected chi connectivity index (χ3v) is 5.91. The molecule has 1 aliphatic heterocycles. The zero-order valence-corrected chi connectivity index (χ0v) is 15.7. The Bertz CT molecular complexity index is 837. The first-order chi connectivity index (χ1) is 12.3. The van der Waals surface area contributed by atoms with Crippen LogP contribution in [-0.2, 0) is 32.8 Å². The van der Waals surface area contributed by atoms with Crippen molar-refractivity contribution in [2.75, 3.05) is 7.05 Å². The molecule has 0 saturated heterocycles. The van der Waals surface area contributed by atoms with E-state index >= 15 is 0 Å². The standard InChI is InChI=1S/C16H22N4O5S/c1-11-13(9-20(2)26(22,23)19-11)16(21)24-10-14-17-15(25-18-14)8-12-6-4-3-5-7-12/h9,12H,3-8,10H2,1-2H3. The Labute approximate surface area is 152 Å². The molecule has 9 nitrogen and oxygen atoms in total. The minimum atomic E-state index is -3.76. The van der Waals surface area contributed by atoms with Crippen LogP contribution in [0.5, 0.6) is 0 Å². The van der Waals surface area contributed by atoms with E-state index in [1.54, 1.807) is 0 Å². The number of esters is 1. The van der Waals surface area contributed by atoms with Gasteiger partial charge in [0.25, 0.3) is 0 Å². The van der Waals surface area contributed by atoms with E-state index in [0.29, 0.717) is 11.8 Å². The summed E-state index contributed by atoms with van der Waals surface area (Å²) in [7, 11) is -2.46. The maximum Gasteiger partial charge on any atom is 0.344 e. The Hall–Kier alpha value is -2.23. The summed E-state index contributed by atoms with van der Waals surface area (Å²) in [4.78, 5) is 16.5. The number of nitrogens with zero attached hydrogens (tertiary/aromatic N) is 4. The van der Waals surface area contributed by atoms with E-state index in [2.05, 4.69) is 14.5 Å². The number of rotatable bonds is 5. The zero-order valence-electron chi connectivity index (χ0n) is 14.8. The molecule has 2 aliphatic rings. The zero-order chi connectivity index (χ0) is 18.7. The first-order valence-corrected chi connectivity index (χ1v) is 10.00. The van der Waals surface area contributed by atoms with Gasteiger partial charge in [-0.3, -0.25) is 4.31 Å². The molecule has 2 heterocycles. The van der Waals surface area contributed by atoms with Gasteiger partial charge in [-0.1, -0.05) is 24.4 Å². The van der Waals surface area contributed by atoms with Crippen molar-refractivity contribution in [1.82, 2.24) is 14.4 Å². The minimum Gasteiger partial charge on any atom is -0.454 e. The van der Waals surface area contributed by atoms with Gasteiger partial charge in [0.15, 0.2) is 6.61 Å². The van der Waals surface area contributed by atoms with Crippen LogP contribution in [0.2, 0.25) is 0 Å². The maximum atomic E-state index is 12.2. The summed E-state index contributed by atoms with van der Waals surface area (Å²) in [6, 6.07) is 0. The monoisotopic (exact) mass is 382 g/mol. The highest BCUT2D eigenvalue weighted by Crippen LogP contribution is 2.26. The van der Waals surface area contributed by atoms with Crippen molar-refractivity contribution < 1.29 is 22.5 Å². The van der Waals surface area contributed by atoms with Crippen molar-refractivity contribution in [1.29, 1.82) is 0 Å². The average molecular weight is 382 g/mol. The Kier molecular flexibility index (Phi) is 5.40. The lowest BCUT2D eigenvalue weighted by Crippen LogP contribution is -2.29. The smallest absolute Gasteiger partial charge is 0.344 e. The summed E-state index contributed by atoms with van der Waals surface area (Å²) in [6.45, 7) is 1.29. The first-order valence-electron chi connectivity index (χ1n) is 8.60. The van der Waals surface area contributed by atoms with Gasteiger partial charge in [0, 0.05) is 19.7 Å². The quantitative estimate of drug-likeness (QED) is 0.713. The largest absolute Gasteiger partial charge is 0.454 e. The van der Waals surface area contributed by atoms with Crippen LogP contribution in [0.4, 0.5) is 0 Å². The van der Waals surface area contributed by atoms with Crippen LogP contribution in [0.1, 0.15) is 50.7 Å². The third-order valence-electron chi connectivity index (χ3n) is 4.57. The number of ether oxygens (including phenoxy) is 1. The highest BCUT2D eigenvalue weighted by atomic mass is 32.2. The van der Waals surface area contributed by atoms with Crippen molar-refractivity contribution in [2.45, 2.75) is 52.1 Å². The number of aromatic nitrogens is 2. The first kappa shape index (κ1) is 18.6. The van der Waals surface area contributed by atoms with Gasteiger partial charge in [-0.05, 0) is 25.7 Å². The van der Waals surface area contributed by atoms with Gasteiger partial charge in [-0.2, -0.15) is 13.4 Å². The lowest BCUT2D eigenvalue weighted by Gasteiger charge is -2.19. The van der Waals surface area contributed by atoms with E-state index in [-0.39, 0.29) is 23.7 Å². The molecule has 0 amide bonds. The summed E-state index contributed by atoms with van der Waals surface area (Å²) in [6.07, 6.45) is 8.06. The van der Waals surface area contributed by atoms with E-state index in [1.807, 2.05) is 0 Å². The molecule has 1 saturated carbocycles. The molecule has 1 aromatic heterocycles. The van der Waals surface area contributed by atoms with Crippen LogP contribution in [-0.4, -0.2) is 41.6 Å². The van der Waals surface area contributed by atoms with Crippen molar-refractivity contribution in [2.24, 2.45) is 10.3 Å². The summed E-state index contributed by atoms with van der Waals surface area (Å²) < 4.78 is 38.0. The second kappa shape index (κ2) is 7.56. The van der Waals surface area contributed by atoms with E-state index in [0.717, 1.165) is 10.7 Å². The van der Waals surface area contributed by atoms with Crippen molar-refractivity contribution in [3.63, 3.8) is 0 Å². The van der Waals surface area contributed by atoms with E-state index in [1.165, 1.54) is 52.3 Å². The van der Waals surface area contributed by atoms with Crippen LogP contribution in [0.25, 0.3) is 0 Å². The van der Waals surface area contributed by atoms with E-state index in [4.69, 9.17) is 9.26 Å². The lowest BCUT2D eigenvalue weighted by atomic mass is 9.87. The van der Waals surface area contributed by atoms with Gasteiger partial charge < -0.3 is 9.26 Å². The van der Waals surface area contributed by atoms with Gasteiger partial charge >= 0.3 is 16.2 Å². The molecule has 1 fully saturated rings. The molecule has 0 unspecified atom stereocenters. The molecule has 1 aromatic rings. The maximum absolute atomic E-state index is 12.2. The van der Waals surface area contributed by atoms with Gasteiger partial charge in [0.1, 0.15) is 0 Å². The van der Waals surface area contributed by atoms with Crippen molar-refractivity contribution in [3.05, 3.63) is 23.5 Å². The van der Waals surface area contributed by atoms with Gasteiger partial charge in [-0.25, -0.2) is 4.79 Å². The van der Waals surface area contributed by atoms with Gasteiger partial charge in [0.2, 0.25) is 11.7 Å². The Balaban J connectivity index is 1.56. The molecule has 0 aromatic carbocycles. The summed E-state index contributed by atoms with van der Waals surface area (Å²) in [5.74, 6) is 0.731. The fourth-order valence-electron chi connectivity index (χ4n) is 3.11. The fraction of sp³-hybridized carbons (Fsp3) is 0.625. The fourth-order valence-corrected chi connectivity index (χ4v) is 3.92. The molecule has 0 bridgehead atoms. The lowest BCUT2D eigenvalue weighted by molar-refractivity contribution is -0.140. The minimum absolute atomic E-state index is 0.0771. The number of carbonyl (C=O) groups excluding carboxylic acids is 1. The molecule has 142 valence electrons. The van der Waals surface area contributed by atoms with Crippen molar-refractivity contribution >= 4 is 21.9 Å². The second-order valence-corrected chi connectivity index (χ2v) is 8.26. The highest BCUT2D eigenvalue weighted by molar-refractivity contribution is 7.88. The molecule has 3 rings (SSSR count). The van der Waals surface area contributed by atoms with Gasteiger partial charge in [0.05, 0.1) is 11.3 Å². The van der Waals surface area contributed by atoms with E-state index in [9.17, 15) is 13.2 Å². The second-order valence-electron chi connectivity index (χ2n) is 6.60. The molecular formula is C16H22N4O5S. The SMILES string of the molecule is CC1=NS(=O)(=O)N(C)C=C1C(=O)OCc1noc(CC2CCCCC2)n1. The average Bonchev–Trinajstić information content (AvgIpc) is 3.04. The summed E-state index contributed by atoms with van der Waals surface area (Å²) >= 11 is 0. The molecule has 26 heavy (non-hydrogen) atoms. The molecular weight excluding hydrogens is 360 g/mol. The number of hydrogen-bond donors (Lipinski definition) is 0. The van der Waals surface area contributed by atoms with Crippen molar-refractivity contribution in [3.8, 4) is 0 Å². The van der Waals surface area contributed by atoms with Gasteiger partial charge in [-0.15, -0.1) is 4.40 Å². The summed E-state index contributed by atoms with van der Waals surface area (Å²) in [5.41, 5.74) is 0.160. The molecule has 0 spiro atoms. The van der Waals surface area contributed by atoms with Crippen LogP contribution in [0.15, 0.2) is 20.7 Å². The highest BCUT2D eigenvalue weighted by Gasteiger charge is 2.26.